The summed E-state index contributed by atoms with van der Waals surface area (Å²) in [7, 11) is 1.40. The molecule has 0 spiro atoms. The lowest BCUT2D eigenvalue weighted by Crippen LogP contribution is -2.37. The van der Waals surface area contributed by atoms with Gasteiger partial charge in [-0.3, -0.25) is 9.36 Å². The second-order valence-corrected chi connectivity index (χ2v) is 4.57. The first-order valence-corrected chi connectivity index (χ1v) is 5.99. The molecule has 0 aromatic heterocycles. The minimum absolute atomic E-state index is 0.207. The fourth-order valence-electron chi connectivity index (χ4n) is 2.44. The molecule has 0 atom stereocenters. The van der Waals surface area contributed by atoms with Gasteiger partial charge in [0.1, 0.15) is 6.33 Å². The van der Waals surface area contributed by atoms with Crippen LogP contribution in [0, 0.1) is 0 Å². The van der Waals surface area contributed by atoms with Crippen LogP contribution >= 0.6 is 0 Å². The Labute approximate surface area is 102 Å². The molecule has 0 amide bonds. The number of hydrogen-bond acceptors (Lipinski definition) is 5. The monoisotopic (exact) mass is 247 g/mol. The molecular weight excluding hydrogens is 234 g/mol. The van der Waals surface area contributed by atoms with Crippen LogP contribution in [0.4, 0.5) is 0 Å². The van der Waals surface area contributed by atoms with Gasteiger partial charge in [-0.15, -0.1) is 0 Å². The highest BCUT2D eigenvalue weighted by Gasteiger charge is 2.24. The van der Waals surface area contributed by atoms with Crippen LogP contribution in [0.3, 0.4) is 0 Å². The summed E-state index contributed by atoms with van der Waals surface area (Å²) in [6.45, 7) is 0. The Morgan fingerprint density at radius 2 is 2.00 bits per heavy atom. The van der Waals surface area contributed by atoms with Crippen molar-refractivity contribution >= 4 is 0 Å². The Morgan fingerprint density at radius 1 is 1.28 bits per heavy atom. The van der Waals surface area contributed by atoms with Crippen LogP contribution in [-0.2, 0) is 7.05 Å². The Balaban J connectivity index is 2.28. The van der Waals surface area contributed by atoms with Crippen molar-refractivity contribution in [1.29, 1.82) is 0 Å². The van der Waals surface area contributed by atoms with Gasteiger partial charge < -0.3 is 0 Å². The maximum atomic E-state index is 11.9. The molecule has 3 aliphatic rings. The molecule has 0 unspecified atom stereocenters. The third kappa shape index (κ3) is 1.54. The first kappa shape index (κ1) is 11.1. The Kier molecular flexibility index (Phi) is 2.46. The van der Waals surface area contributed by atoms with Gasteiger partial charge in [0.05, 0.1) is 6.04 Å². The summed E-state index contributed by atoms with van der Waals surface area (Å²) in [4.78, 5) is 31.4. The Bertz CT molecular complexity index is 668. The predicted molar refractivity (Wildman–Crippen MR) is 63.5 cm³/mol. The van der Waals surface area contributed by atoms with Crippen LogP contribution in [0.2, 0.25) is 0 Å². The van der Waals surface area contributed by atoms with Gasteiger partial charge in [0.2, 0.25) is 0 Å². The molecule has 0 radical (unpaired) electrons. The summed E-state index contributed by atoms with van der Waals surface area (Å²) in [5.74, 6) is 0.303. The van der Waals surface area contributed by atoms with Crippen molar-refractivity contribution in [1.82, 2.24) is 24.3 Å². The van der Waals surface area contributed by atoms with E-state index in [4.69, 9.17) is 0 Å². The third-order valence-electron chi connectivity index (χ3n) is 3.46. The minimum Gasteiger partial charge on any atom is -0.267 e. The third-order valence-corrected chi connectivity index (χ3v) is 3.46. The molecule has 7 heteroatoms. The van der Waals surface area contributed by atoms with Crippen molar-refractivity contribution in [3.63, 3.8) is 0 Å². The molecule has 0 aromatic carbocycles. The molecule has 0 saturated heterocycles. The van der Waals surface area contributed by atoms with E-state index in [0.717, 1.165) is 30.3 Å². The number of fused-ring (bicyclic) bond motifs is 1. The lowest BCUT2D eigenvalue weighted by molar-refractivity contribution is 0.450. The van der Waals surface area contributed by atoms with Crippen LogP contribution in [-0.4, -0.2) is 24.3 Å². The van der Waals surface area contributed by atoms with E-state index in [1.165, 1.54) is 13.4 Å². The molecule has 0 bridgehead atoms. The van der Waals surface area contributed by atoms with Crippen molar-refractivity contribution in [3.05, 3.63) is 27.2 Å². The van der Waals surface area contributed by atoms with Gasteiger partial charge >= 0.3 is 5.69 Å². The fourth-order valence-corrected chi connectivity index (χ4v) is 2.44. The molecule has 94 valence electrons. The van der Waals surface area contributed by atoms with Crippen molar-refractivity contribution in [2.24, 2.45) is 7.05 Å². The van der Waals surface area contributed by atoms with E-state index in [2.05, 4.69) is 15.1 Å². The summed E-state index contributed by atoms with van der Waals surface area (Å²) in [6.07, 6.45) is 5.63. The number of hydrogen-bond donors (Lipinski definition) is 0. The van der Waals surface area contributed by atoms with Gasteiger partial charge in [-0.1, -0.05) is 12.8 Å². The Morgan fingerprint density at radius 3 is 2.72 bits per heavy atom. The van der Waals surface area contributed by atoms with Crippen LogP contribution in [0.25, 0.3) is 11.5 Å². The Hall–Kier alpha value is -2.05. The van der Waals surface area contributed by atoms with Crippen molar-refractivity contribution in [3.8, 4) is 11.5 Å². The summed E-state index contributed by atoms with van der Waals surface area (Å²) >= 11 is 0. The van der Waals surface area contributed by atoms with Crippen molar-refractivity contribution < 1.29 is 0 Å². The van der Waals surface area contributed by atoms with E-state index in [9.17, 15) is 9.59 Å². The average molecular weight is 247 g/mol. The summed E-state index contributed by atoms with van der Waals surface area (Å²) in [5.41, 5.74) is -0.771. The van der Waals surface area contributed by atoms with Crippen LogP contribution in [0.15, 0.2) is 15.9 Å². The smallest absolute Gasteiger partial charge is 0.267 e. The lowest BCUT2D eigenvalue weighted by atomic mass is 10.2. The van der Waals surface area contributed by atoms with Gasteiger partial charge in [0.15, 0.2) is 11.5 Å². The van der Waals surface area contributed by atoms with Gasteiger partial charge in [-0.25, -0.2) is 14.5 Å². The summed E-state index contributed by atoms with van der Waals surface area (Å²) in [6, 6.07) is 0.217. The highest BCUT2D eigenvalue weighted by Crippen LogP contribution is 2.30. The molecule has 1 aliphatic carbocycles. The lowest BCUT2D eigenvalue weighted by Gasteiger charge is -2.16. The molecule has 0 N–H and O–H groups in total. The first-order valence-electron chi connectivity index (χ1n) is 5.99. The summed E-state index contributed by atoms with van der Waals surface area (Å²) < 4.78 is 2.65. The standard InChI is InChI=1S/C11H13N5O2/c1-15-10(17)8-9(14-11(15)18)16(13-6-12-8)7-4-2-3-5-7/h6-7H,2-5H2,1H3. The molecule has 18 heavy (non-hydrogen) atoms. The zero-order valence-electron chi connectivity index (χ0n) is 10.0. The maximum Gasteiger partial charge on any atom is 0.352 e. The molecule has 7 nitrogen and oxygen atoms in total. The topological polar surface area (TPSA) is 82.7 Å². The molecule has 2 aliphatic heterocycles. The quantitative estimate of drug-likeness (QED) is 0.705. The first-order chi connectivity index (χ1) is 8.68. The van der Waals surface area contributed by atoms with E-state index in [0.29, 0.717) is 5.82 Å². The van der Waals surface area contributed by atoms with E-state index < -0.39 is 11.2 Å². The van der Waals surface area contributed by atoms with Crippen LogP contribution in [0.5, 0.6) is 0 Å². The number of aromatic nitrogens is 5. The van der Waals surface area contributed by atoms with Crippen molar-refractivity contribution in [2.75, 3.05) is 0 Å². The molecule has 1 fully saturated rings. The van der Waals surface area contributed by atoms with Gasteiger partial charge in [-0.2, -0.15) is 10.1 Å². The molecular formula is C11H13N5O2. The predicted octanol–water partition coefficient (Wildman–Crippen LogP) is -0.0481. The number of nitrogens with zero attached hydrogens (tertiary/aromatic N) is 5. The normalized spacial score (nSPS) is 16.5. The number of rotatable bonds is 1. The van der Waals surface area contributed by atoms with Gasteiger partial charge in [-0.05, 0) is 12.8 Å². The molecule has 1 saturated carbocycles. The zero-order chi connectivity index (χ0) is 12.7. The molecule has 3 rings (SSSR count). The largest absolute Gasteiger partial charge is 0.352 e. The minimum atomic E-state index is -0.561. The van der Waals surface area contributed by atoms with E-state index in [1.54, 1.807) is 4.68 Å². The summed E-state index contributed by atoms with van der Waals surface area (Å²) in [5, 5.41) is 4.16. The second-order valence-electron chi connectivity index (χ2n) is 4.57. The maximum absolute atomic E-state index is 11.9. The average Bonchev–Trinajstić information content (AvgIpc) is 2.89. The highest BCUT2D eigenvalue weighted by atomic mass is 16.2. The van der Waals surface area contributed by atoms with Crippen molar-refractivity contribution in [2.45, 2.75) is 31.7 Å². The van der Waals surface area contributed by atoms with Crippen LogP contribution < -0.4 is 11.2 Å². The van der Waals surface area contributed by atoms with Crippen LogP contribution in [0.1, 0.15) is 31.7 Å². The fraction of sp³-hybridized carbons (Fsp3) is 0.545. The molecule has 0 aromatic rings. The van der Waals surface area contributed by atoms with Gasteiger partial charge in [0, 0.05) is 7.05 Å². The highest BCUT2D eigenvalue weighted by molar-refractivity contribution is 5.47. The van der Waals surface area contributed by atoms with E-state index in [-0.39, 0.29) is 11.7 Å². The van der Waals surface area contributed by atoms with E-state index in [1.807, 2.05) is 0 Å². The SMILES string of the molecule is Cn1c(=O)nc2n(C3CCCC3)ncnc-2c1=O. The molecule has 2 heterocycles. The second kappa shape index (κ2) is 4.01. The van der Waals surface area contributed by atoms with Gasteiger partial charge in [0.25, 0.3) is 5.56 Å². The van der Waals surface area contributed by atoms with E-state index >= 15 is 0 Å². The zero-order valence-corrected chi connectivity index (χ0v) is 10.0.